The lowest BCUT2D eigenvalue weighted by Crippen LogP contribution is -2.31. The Labute approximate surface area is 99.9 Å². The molecule has 0 unspecified atom stereocenters. The van der Waals surface area contributed by atoms with Crippen molar-refractivity contribution in [1.82, 2.24) is 10.3 Å². The Kier molecular flexibility index (Phi) is 4.20. The molecule has 5 heteroatoms. The zero-order valence-corrected chi connectivity index (χ0v) is 9.93. The summed E-state index contributed by atoms with van der Waals surface area (Å²) in [6.45, 7) is 3.59. The maximum Gasteiger partial charge on any atom is 0.309 e. The lowest BCUT2D eigenvalue weighted by atomic mass is 9.90. The van der Waals surface area contributed by atoms with E-state index >= 15 is 0 Å². The van der Waals surface area contributed by atoms with Gasteiger partial charge in [-0.3, -0.25) is 14.6 Å². The molecule has 0 atom stereocenters. The third kappa shape index (κ3) is 3.86. The van der Waals surface area contributed by atoms with Gasteiger partial charge in [0.1, 0.15) is 0 Å². The number of carbonyl (C=O) groups is 2. The van der Waals surface area contributed by atoms with Crippen molar-refractivity contribution in [2.24, 2.45) is 5.41 Å². The normalized spacial score (nSPS) is 10.9. The second-order valence-electron chi connectivity index (χ2n) is 4.44. The molecule has 17 heavy (non-hydrogen) atoms. The molecule has 0 aliphatic heterocycles. The van der Waals surface area contributed by atoms with Gasteiger partial charge in [-0.2, -0.15) is 0 Å². The van der Waals surface area contributed by atoms with Gasteiger partial charge >= 0.3 is 5.97 Å². The Balaban J connectivity index is 2.43. The molecule has 2 N–H and O–H groups in total. The van der Waals surface area contributed by atoms with Crippen molar-refractivity contribution >= 4 is 11.9 Å². The average Bonchev–Trinajstić information content (AvgIpc) is 2.29. The number of hydrogen-bond donors (Lipinski definition) is 2. The Hall–Kier alpha value is -1.91. The summed E-state index contributed by atoms with van der Waals surface area (Å²) in [7, 11) is 0. The third-order valence-corrected chi connectivity index (χ3v) is 2.54. The molecule has 5 nitrogen and oxygen atoms in total. The lowest BCUT2D eigenvalue weighted by Gasteiger charge is -2.18. The maximum absolute atomic E-state index is 11.6. The number of rotatable bonds is 5. The van der Waals surface area contributed by atoms with Crippen molar-refractivity contribution in [3.05, 3.63) is 30.1 Å². The van der Waals surface area contributed by atoms with Crippen molar-refractivity contribution in [3.8, 4) is 0 Å². The molecule has 92 valence electrons. The molecule has 0 spiro atoms. The van der Waals surface area contributed by atoms with Crippen LogP contribution in [0, 0.1) is 5.41 Å². The van der Waals surface area contributed by atoms with E-state index in [-0.39, 0.29) is 5.91 Å². The second kappa shape index (κ2) is 5.43. The van der Waals surface area contributed by atoms with E-state index < -0.39 is 11.4 Å². The lowest BCUT2D eigenvalue weighted by molar-refractivity contribution is -0.147. The summed E-state index contributed by atoms with van der Waals surface area (Å²) >= 11 is 0. The van der Waals surface area contributed by atoms with Crippen molar-refractivity contribution in [3.63, 3.8) is 0 Å². The first-order valence-electron chi connectivity index (χ1n) is 5.35. The maximum atomic E-state index is 11.6. The summed E-state index contributed by atoms with van der Waals surface area (Å²) in [5.41, 5.74) is -0.358. The highest BCUT2D eigenvalue weighted by atomic mass is 16.4. The van der Waals surface area contributed by atoms with Crippen molar-refractivity contribution in [2.75, 3.05) is 6.54 Å². The van der Waals surface area contributed by atoms with E-state index in [1.165, 1.54) is 6.20 Å². The first kappa shape index (κ1) is 13.2. The van der Waals surface area contributed by atoms with Crippen LogP contribution in [-0.4, -0.2) is 28.5 Å². The van der Waals surface area contributed by atoms with E-state index in [0.717, 1.165) is 0 Å². The van der Waals surface area contributed by atoms with Crippen LogP contribution >= 0.6 is 0 Å². The Bertz CT molecular complexity index is 401. The molecule has 0 saturated carbocycles. The van der Waals surface area contributed by atoms with E-state index in [9.17, 15) is 9.59 Å². The van der Waals surface area contributed by atoms with Crippen LogP contribution in [0.1, 0.15) is 30.6 Å². The number of carboxylic acids is 1. The molecule has 0 saturated heterocycles. The predicted molar refractivity (Wildman–Crippen MR) is 62.6 cm³/mol. The molecule has 0 bridgehead atoms. The SMILES string of the molecule is CC(C)(CCNC(=O)c1cccnc1)C(=O)O. The number of amides is 1. The Morgan fingerprint density at radius 3 is 2.71 bits per heavy atom. The van der Waals surface area contributed by atoms with Crippen molar-refractivity contribution in [1.29, 1.82) is 0 Å². The smallest absolute Gasteiger partial charge is 0.309 e. The molecule has 1 aromatic rings. The molecular formula is C12H16N2O3. The monoisotopic (exact) mass is 236 g/mol. The largest absolute Gasteiger partial charge is 0.481 e. The topological polar surface area (TPSA) is 79.3 Å². The minimum atomic E-state index is -0.867. The van der Waals surface area contributed by atoms with Crippen molar-refractivity contribution in [2.45, 2.75) is 20.3 Å². The van der Waals surface area contributed by atoms with E-state index in [2.05, 4.69) is 10.3 Å². The van der Waals surface area contributed by atoms with Crippen LogP contribution in [0.5, 0.6) is 0 Å². The van der Waals surface area contributed by atoms with Crippen molar-refractivity contribution < 1.29 is 14.7 Å². The van der Waals surface area contributed by atoms with Gasteiger partial charge in [0.15, 0.2) is 0 Å². The van der Waals surface area contributed by atoms with Crippen LogP contribution in [0.25, 0.3) is 0 Å². The number of aliphatic carboxylic acids is 1. The summed E-state index contributed by atoms with van der Waals surface area (Å²) < 4.78 is 0. The van der Waals surface area contributed by atoms with E-state index in [1.54, 1.807) is 32.2 Å². The Morgan fingerprint density at radius 1 is 1.47 bits per heavy atom. The zero-order valence-electron chi connectivity index (χ0n) is 9.93. The number of pyridine rings is 1. The number of carbonyl (C=O) groups excluding carboxylic acids is 1. The van der Waals surface area contributed by atoms with Gasteiger partial charge in [-0.05, 0) is 32.4 Å². The molecule has 1 rings (SSSR count). The summed E-state index contributed by atoms with van der Waals surface area (Å²) in [6, 6.07) is 3.33. The van der Waals surface area contributed by atoms with Gasteiger partial charge in [-0.25, -0.2) is 0 Å². The highest BCUT2D eigenvalue weighted by molar-refractivity contribution is 5.93. The fourth-order valence-corrected chi connectivity index (χ4v) is 1.19. The molecule has 0 aliphatic rings. The molecule has 1 heterocycles. The Morgan fingerprint density at radius 2 is 2.18 bits per heavy atom. The third-order valence-electron chi connectivity index (χ3n) is 2.54. The number of nitrogens with one attached hydrogen (secondary N) is 1. The van der Waals surface area contributed by atoms with Gasteiger partial charge in [0.2, 0.25) is 0 Å². The summed E-state index contributed by atoms with van der Waals surface area (Å²) in [5.74, 6) is -1.10. The standard InChI is InChI=1S/C12H16N2O3/c1-12(2,11(16)17)5-7-14-10(15)9-4-3-6-13-8-9/h3-4,6,8H,5,7H2,1-2H3,(H,14,15)(H,16,17). The average molecular weight is 236 g/mol. The number of aromatic nitrogens is 1. The number of nitrogens with zero attached hydrogens (tertiary/aromatic N) is 1. The fourth-order valence-electron chi connectivity index (χ4n) is 1.19. The molecule has 0 radical (unpaired) electrons. The molecule has 1 amide bonds. The van der Waals surface area contributed by atoms with Crippen LogP contribution in [0.15, 0.2) is 24.5 Å². The highest BCUT2D eigenvalue weighted by Crippen LogP contribution is 2.19. The zero-order chi connectivity index (χ0) is 12.9. The predicted octanol–water partition coefficient (Wildman–Crippen LogP) is 1.31. The number of carboxylic acid groups (broad SMARTS) is 1. The van der Waals surface area contributed by atoms with Crippen LogP contribution in [0.4, 0.5) is 0 Å². The molecular weight excluding hydrogens is 220 g/mol. The molecule has 0 fully saturated rings. The summed E-state index contributed by atoms with van der Waals surface area (Å²) in [6.07, 6.45) is 3.44. The second-order valence-corrected chi connectivity index (χ2v) is 4.44. The molecule has 0 aromatic carbocycles. The quantitative estimate of drug-likeness (QED) is 0.807. The van der Waals surface area contributed by atoms with E-state index in [0.29, 0.717) is 18.5 Å². The first-order valence-corrected chi connectivity index (χ1v) is 5.35. The van der Waals surface area contributed by atoms with Gasteiger partial charge in [-0.1, -0.05) is 0 Å². The first-order chi connectivity index (χ1) is 7.93. The summed E-state index contributed by atoms with van der Waals surface area (Å²) in [4.78, 5) is 26.3. The van der Waals surface area contributed by atoms with Gasteiger partial charge in [-0.15, -0.1) is 0 Å². The molecule has 0 aliphatic carbocycles. The van der Waals surface area contributed by atoms with E-state index in [4.69, 9.17) is 5.11 Å². The van der Waals surface area contributed by atoms with Crippen LogP contribution in [0.3, 0.4) is 0 Å². The van der Waals surface area contributed by atoms with E-state index in [1.807, 2.05) is 0 Å². The molecule has 1 aromatic heterocycles. The van der Waals surface area contributed by atoms with Crippen LogP contribution < -0.4 is 5.32 Å². The van der Waals surface area contributed by atoms with Gasteiger partial charge < -0.3 is 10.4 Å². The fraction of sp³-hybridized carbons (Fsp3) is 0.417. The highest BCUT2D eigenvalue weighted by Gasteiger charge is 2.26. The van der Waals surface area contributed by atoms with Crippen LogP contribution in [-0.2, 0) is 4.79 Å². The van der Waals surface area contributed by atoms with Gasteiger partial charge in [0, 0.05) is 18.9 Å². The minimum absolute atomic E-state index is 0.237. The van der Waals surface area contributed by atoms with Crippen LogP contribution in [0.2, 0.25) is 0 Å². The van der Waals surface area contributed by atoms with Gasteiger partial charge in [0.25, 0.3) is 5.91 Å². The minimum Gasteiger partial charge on any atom is -0.481 e. The summed E-state index contributed by atoms with van der Waals surface area (Å²) in [5, 5.41) is 11.6. The van der Waals surface area contributed by atoms with Gasteiger partial charge in [0.05, 0.1) is 11.0 Å². The number of hydrogen-bond acceptors (Lipinski definition) is 3.